The predicted octanol–water partition coefficient (Wildman–Crippen LogP) is 1.09. The smallest absolute Gasteiger partial charge is 0.160 e. The lowest BCUT2D eigenvalue weighted by molar-refractivity contribution is -0.146. The maximum Gasteiger partial charge on any atom is 0.160 e. The Balaban J connectivity index is 2.23. The minimum atomic E-state index is -0.987. The van der Waals surface area contributed by atoms with Crippen molar-refractivity contribution in [3.8, 4) is 0 Å². The molecule has 0 saturated carbocycles. The quantitative estimate of drug-likeness (QED) is 0.863. The number of nitrogens with zero attached hydrogens (tertiary/aromatic N) is 2. The lowest BCUT2D eigenvalue weighted by Crippen LogP contribution is -2.45. The van der Waals surface area contributed by atoms with Crippen LogP contribution in [-0.4, -0.2) is 28.3 Å². The molecule has 1 aliphatic rings. The maximum absolute atomic E-state index is 10.2. The fraction of sp³-hybridized carbons (Fsp3) is 0.556. The molecule has 0 spiro atoms. The first-order valence-corrected chi connectivity index (χ1v) is 5.18. The Kier molecular flexibility index (Phi) is 2.55. The van der Waals surface area contributed by atoms with Crippen LogP contribution in [0.5, 0.6) is 0 Å². The third-order valence-corrected chi connectivity index (χ3v) is 2.92. The van der Waals surface area contributed by atoms with Crippen molar-refractivity contribution in [2.45, 2.75) is 12.5 Å². The van der Waals surface area contributed by atoms with Gasteiger partial charge in [-0.3, -0.25) is 0 Å². The molecule has 1 aliphatic heterocycles. The molecule has 2 heterocycles. The third-order valence-electron chi connectivity index (χ3n) is 2.51. The molecule has 0 aromatic carbocycles. The predicted molar refractivity (Wildman–Crippen MR) is 53.6 cm³/mol. The van der Waals surface area contributed by atoms with Crippen LogP contribution in [0.4, 0.5) is 0 Å². The number of hydrogen-bond acceptors (Lipinski definition) is 4. The number of rotatable bonds is 2. The summed E-state index contributed by atoms with van der Waals surface area (Å²) in [7, 11) is 0. The van der Waals surface area contributed by atoms with E-state index in [1.165, 1.54) is 0 Å². The van der Waals surface area contributed by atoms with Gasteiger partial charge in [-0.15, -0.1) is 0 Å². The summed E-state index contributed by atoms with van der Waals surface area (Å²) in [6.45, 7) is 2.88. The first-order valence-electron chi connectivity index (χ1n) is 4.39. The molecular weight excluding hydrogens is 248 g/mol. The van der Waals surface area contributed by atoms with Gasteiger partial charge < -0.3 is 9.84 Å². The highest BCUT2D eigenvalue weighted by Crippen LogP contribution is 2.31. The van der Waals surface area contributed by atoms with Crippen molar-refractivity contribution in [3.05, 3.63) is 22.7 Å². The van der Waals surface area contributed by atoms with E-state index in [0.29, 0.717) is 19.0 Å². The summed E-state index contributed by atoms with van der Waals surface area (Å²) in [5.41, 5.74) is -0.987. The monoisotopic (exact) mass is 258 g/mol. The standard InChI is InChI=1S/C9H11BrN2O2/c1-9(13,6-4-14-5-6)8-11-2-7(10)3-12-8/h2-3,6,13H,4-5H2,1H3. The van der Waals surface area contributed by atoms with Crippen molar-refractivity contribution in [1.82, 2.24) is 9.97 Å². The second-order valence-corrected chi connectivity index (χ2v) is 4.52. The molecule has 0 aliphatic carbocycles. The maximum atomic E-state index is 10.2. The Bertz CT molecular complexity index is 322. The molecule has 1 aromatic heterocycles. The van der Waals surface area contributed by atoms with Gasteiger partial charge in [0.1, 0.15) is 5.60 Å². The van der Waals surface area contributed by atoms with Crippen molar-refractivity contribution in [2.75, 3.05) is 13.2 Å². The van der Waals surface area contributed by atoms with Gasteiger partial charge in [0, 0.05) is 18.3 Å². The average molecular weight is 259 g/mol. The Morgan fingerprint density at radius 2 is 2.07 bits per heavy atom. The fourth-order valence-corrected chi connectivity index (χ4v) is 1.52. The van der Waals surface area contributed by atoms with E-state index in [9.17, 15) is 5.11 Å². The van der Waals surface area contributed by atoms with E-state index >= 15 is 0 Å². The zero-order valence-corrected chi connectivity index (χ0v) is 9.36. The summed E-state index contributed by atoms with van der Waals surface area (Å²) in [6, 6.07) is 0. The first kappa shape index (κ1) is 10.0. The lowest BCUT2D eigenvalue weighted by Gasteiger charge is -2.37. The number of hydrogen-bond donors (Lipinski definition) is 1. The normalized spacial score (nSPS) is 21.4. The molecule has 0 bridgehead atoms. The van der Waals surface area contributed by atoms with E-state index in [-0.39, 0.29) is 5.92 Å². The minimum absolute atomic E-state index is 0.101. The lowest BCUT2D eigenvalue weighted by atomic mass is 9.87. The summed E-state index contributed by atoms with van der Waals surface area (Å²) in [5, 5.41) is 10.2. The van der Waals surface area contributed by atoms with Crippen LogP contribution in [0.3, 0.4) is 0 Å². The molecule has 1 saturated heterocycles. The molecule has 4 nitrogen and oxygen atoms in total. The van der Waals surface area contributed by atoms with Gasteiger partial charge in [0.25, 0.3) is 0 Å². The van der Waals surface area contributed by atoms with Gasteiger partial charge >= 0.3 is 0 Å². The van der Waals surface area contributed by atoms with Gasteiger partial charge in [0.15, 0.2) is 5.82 Å². The number of aromatic nitrogens is 2. The summed E-state index contributed by atoms with van der Waals surface area (Å²) in [5.74, 6) is 0.553. The van der Waals surface area contributed by atoms with E-state index in [1.54, 1.807) is 19.3 Å². The van der Waals surface area contributed by atoms with Gasteiger partial charge in [-0.1, -0.05) is 0 Å². The highest BCUT2D eigenvalue weighted by Gasteiger charge is 2.40. The summed E-state index contributed by atoms with van der Waals surface area (Å²) in [4.78, 5) is 8.18. The molecule has 2 rings (SSSR count). The van der Waals surface area contributed by atoms with Crippen LogP contribution in [0.25, 0.3) is 0 Å². The summed E-state index contributed by atoms with van der Waals surface area (Å²) >= 11 is 3.25. The van der Waals surface area contributed by atoms with Crippen molar-refractivity contribution in [1.29, 1.82) is 0 Å². The van der Waals surface area contributed by atoms with E-state index in [1.807, 2.05) is 0 Å². The second kappa shape index (κ2) is 3.56. The van der Waals surface area contributed by atoms with Crippen molar-refractivity contribution < 1.29 is 9.84 Å². The van der Waals surface area contributed by atoms with Crippen molar-refractivity contribution >= 4 is 15.9 Å². The number of halogens is 1. The topological polar surface area (TPSA) is 55.2 Å². The van der Waals surface area contributed by atoms with Gasteiger partial charge in [-0.2, -0.15) is 0 Å². The average Bonchev–Trinajstić information content (AvgIpc) is 2.00. The zero-order valence-electron chi connectivity index (χ0n) is 7.77. The van der Waals surface area contributed by atoms with Gasteiger partial charge in [0.2, 0.25) is 0 Å². The van der Waals surface area contributed by atoms with E-state index in [0.717, 1.165) is 4.47 Å². The molecule has 1 fully saturated rings. The SMILES string of the molecule is CC(O)(c1ncc(Br)cn1)C1COC1. The van der Waals surface area contributed by atoms with E-state index < -0.39 is 5.60 Å². The van der Waals surface area contributed by atoms with Crippen molar-refractivity contribution in [3.63, 3.8) is 0 Å². The van der Waals surface area contributed by atoms with Crippen LogP contribution in [0.15, 0.2) is 16.9 Å². The minimum Gasteiger partial charge on any atom is -0.382 e. The van der Waals surface area contributed by atoms with Gasteiger partial charge in [-0.25, -0.2) is 9.97 Å². The Labute approximate surface area is 90.5 Å². The second-order valence-electron chi connectivity index (χ2n) is 3.61. The number of aliphatic hydroxyl groups is 1. The molecule has 0 amide bonds. The molecule has 14 heavy (non-hydrogen) atoms. The van der Waals surface area contributed by atoms with Crippen LogP contribution in [0.2, 0.25) is 0 Å². The largest absolute Gasteiger partial charge is 0.382 e. The molecule has 76 valence electrons. The molecule has 0 radical (unpaired) electrons. The summed E-state index contributed by atoms with van der Waals surface area (Å²) < 4.78 is 5.85. The van der Waals surface area contributed by atoms with Crippen molar-refractivity contribution in [2.24, 2.45) is 5.92 Å². The Hall–Kier alpha value is -0.520. The van der Waals surface area contributed by atoms with Crippen LogP contribution >= 0.6 is 15.9 Å². The van der Waals surface area contributed by atoms with Gasteiger partial charge in [0.05, 0.1) is 17.7 Å². The molecule has 1 atom stereocenters. The fourth-order valence-electron chi connectivity index (χ4n) is 1.32. The van der Waals surface area contributed by atoms with E-state index in [4.69, 9.17) is 4.74 Å². The van der Waals surface area contributed by atoms with Crippen LogP contribution in [0.1, 0.15) is 12.7 Å². The summed E-state index contributed by atoms with van der Waals surface area (Å²) in [6.07, 6.45) is 3.27. The molecule has 5 heteroatoms. The Morgan fingerprint density at radius 3 is 2.50 bits per heavy atom. The third kappa shape index (κ3) is 1.67. The van der Waals surface area contributed by atoms with Gasteiger partial charge in [-0.05, 0) is 22.9 Å². The highest BCUT2D eigenvalue weighted by atomic mass is 79.9. The van der Waals surface area contributed by atoms with Crippen LogP contribution in [-0.2, 0) is 10.3 Å². The Morgan fingerprint density at radius 1 is 1.50 bits per heavy atom. The molecule has 1 unspecified atom stereocenters. The van der Waals surface area contributed by atoms with Crippen LogP contribution < -0.4 is 0 Å². The zero-order chi connectivity index (χ0) is 10.2. The highest BCUT2D eigenvalue weighted by molar-refractivity contribution is 9.10. The number of ether oxygens (including phenoxy) is 1. The van der Waals surface area contributed by atoms with Crippen LogP contribution in [0, 0.1) is 5.92 Å². The van der Waals surface area contributed by atoms with E-state index in [2.05, 4.69) is 25.9 Å². The molecule has 1 aromatic rings. The first-order chi connectivity index (χ1) is 6.60. The molecular formula is C9H11BrN2O2. The molecule has 1 N–H and O–H groups in total.